The molecule has 34 heavy (non-hydrogen) atoms. The second-order valence-corrected chi connectivity index (χ2v) is 8.45. The van der Waals surface area contributed by atoms with E-state index in [-0.39, 0.29) is 12.5 Å². The molecule has 0 unspecified atom stereocenters. The average Bonchev–Trinajstić information content (AvgIpc) is 2.87. The number of piperazine rings is 1. The van der Waals surface area contributed by atoms with E-state index in [1.54, 1.807) is 31.2 Å². The fourth-order valence-corrected chi connectivity index (χ4v) is 4.14. The van der Waals surface area contributed by atoms with Crippen LogP contribution in [0.15, 0.2) is 78.9 Å². The zero-order valence-electron chi connectivity index (χ0n) is 19.6. The number of anilines is 1. The van der Waals surface area contributed by atoms with Crippen LogP contribution in [-0.2, 0) is 17.8 Å². The number of esters is 1. The van der Waals surface area contributed by atoms with E-state index in [4.69, 9.17) is 4.74 Å². The monoisotopic (exact) mass is 457 g/mol. The highest BCUT2D eigenvalue weighted by Crippen LogP contribution is 2.18. The first-order valence-corrected chi connectivity index (χ1v) is 11.8. The Labute approximate surface area is 201 Å². The number of carbonyl (C=O) groups excluding carboxylic acids is 2. The lowest BCUT2D eigenvalue weighted by Crippen LogP contribution is -2.45. The molecule has 1 aliphatic rings. The Bertz CT molecular complexity index is 1090. The predicted molar refractivity (Wildman–Crippen MR) is 134 cm³/mol. The van der Waals surface area contributed by atoms with Gasteiger partial charge in [-0.1, -0.05) is 54.6 Å². The molecule has 1 amide bonds. The van der Waals surface area contributed by atoms with Crippen molar-refractivity contribution >= 4 is 17.6 Å². The van der Waals surface area contributed by atoms with Crippen LogP contribution in [0.5, 0.6) is 0 Å². The Kier molecular flexibility index (Phi) is 8.07. The number of ether oxygens (including phenoxy) is 1. The van der Waals surface area contributed by atoms with Crippen LogP contribution in [0.2, 0.25) is 0 Å². The number of nitrogens with one attached hydrogen (secondary N) is 1. The van der Waals surface area contributed by atoms with Gasteiger partial charge in [0.1, 0.15) is 0 Å². The molecule has 0 aromatic heterocycles. The van der Waals surface area contributed by atoms with E-state index in [0.717, 1.165) is 39.3 Å². The van der Waals surface area contributed by atoms with Gasteiger partial charge in [0.05, 0.1) is 17.9 Å². The second-order valence-electron chi connectivity index (χ2n) is 8.45. The van der Waals surface area contributed by atoms with Gasteiger partial charge in [-0.2, -0.15) is 0 Å². The molecule has 1 saturated heterocycles. The molecule has 6 heteroatoms. The Morgan fingerprint density at radius 2 is 1.32 bits per heavy atom. The first-order valence-electron chi connectivity index (χ1n) is 11.8. The molecule has 0 aliphatic carbocycles. The van der Waals surface area contributed by atoms with Gasteiger partial charge in [0.2, 0.25) is 0 Å². The SMILES string of the molecule is CCOC(=O)c1ccccc1NC(=O)c1ccc(CN2CCN(Cc3ccccc3)CC2)cc1. The van der Waals surface area contributed by atoms with Crippen molar-refractivity contribution in [1.82, 2.24) is 9.80 Å². The van der Waals surface area contributed by atoms with Crippen molar-refractivity contribution in [2.45, 2.75) is 20.0 Å². The van der Waals surface area contributed by atoms with Crippen molar-refractivity contribution in [1.29, 1.82) is 0 Å². The molecule has 0 bridgehead atoms. The zero-order valence-corrected chi connectivity index (χ0v) is 19.6. The minimum Gasteiger partial charge on any atom is -0.462 e. The number of carbonyl (C=O) groups is 2. The summed E-state index contributed by atoms with van der Waals surface area (Å²) in [5.41, 5.74) is 3.88. The molecule has 3 aromatic carbocycles. The van der Waals surface area contributed by atoms with Gasteiger partial charge in [-0.25, -0.2) is 4.79 Å². The molecule has 1 fully saturated rings. The van der Waals surface area contributed by atoms with E-state index >= 15 is 0 Å². The molecular formula is C28H31N3O3. The minimum atomic E-state index is -0.447. The maximum atomic E-state index is 12.8. The summed E-state index contributed by atoms with van der Waals surface area (Å²) in [5, 5.41) is 2.84. The lowest BCUT2D eigenvalue weighted by atomic mass is 10.1. The number of rotatable bonds is 8. The molecule has 176 valence electrons. The highest BCUT2D eigenvalue weighted by Gasteiger charge is 2.18. The van der Waals surface area contributed by atoms with Gasteiger partial charge in [-0.15, -0.1) is 0 Å². The highest BCUT2D eigenvalue weighted by molar-refractivity contribution is 6.08. The third-order valence-corrected chi connectivity index (χ3v) is 6.01. The van der Waals surface area contributed by atoms with Gasteiger partial charge in [0.25, 0.3) is 5.91 Å². The zero-order chi connectivity index (χ0) is 23.8. The highest BCUT2D eigenvalue weighted by atomic mass is 16.5. The van der Waals surface area contributed by atoms with Crippen LogP contribution in [-0.4, -0.2) is 54.5 Å². The number of amides is 1. The standard InChI is InChI=1S/C28H31N3O3/c1-2-34-28(33)25-10-6-7-11-26(25)29-27(32)24-14-12-23(13-15-24)21-31-18-16-30(17-19-31)20-22-8-4-3-5-9-22/h3-15H,2,16-21H2,1H3,(H,29,32). The normalized spacial score (nSPS) is 14.5. The van der Waals surface area contributed by atoms with E-state index in [9.17, 15) is 9.59 Å². The van der Waals surface area contributed by atoms with Gasteiger partial charge in [0, 0.05) is 44.8 Å². The largest absolute Gasteiger partial charge is 0.462 e. The van der Waals surface area contributed by atoms with Crippen LogP contribution in [0.1, 0.15) is 38.8 Å². The number of hydrogen-bond acceptors (Lipinski definition) is 5. The summed E-state index contributed by atoms with van der Waals surface area (Å²) in [7, 11) is 0. The van der Waals surface area contributed by atoms with E-state index in [0.29, 0.717) is 16.8 Å². The quantitative estimate of drug-likeness (QED) is 0.507. The maximum Gasteiger partial charge on any atom is 0.340 e. The number of hydrogen-bond donors (Lipinski definition) is 1. The summed E-state index contributed by atoms with van der Waals surface area (Å²) in [6.45, 7) is 8.06. The third-order valence-electron chi connectivity index (χ3n) is 6.01. The molecular weight excluding hydrogens is 426 g/mol. The molecule has 0 saturated carbocycles. The first-order chi connectivity index (χ1) is 16.6. The Morgan fingerprint density at radius 1 is 0.765 bits per heavy atom. The predicted octanol–water partition coefficient (Wildman–Crippen LogP) is 4.43. The summed E-state index contributed by atoms with van der Waals surface area (Å²) in [6.07, 6.45) is 0. The van der Waals surface area contributed by atoms with Gasteiger partial charge < -0.3 is 10.1 Å². The molecule has 1 aliphatic heterocycles. The summed E-state index contributed by atoms with van der Waals surface area (Å²) < 4.78 is 5.08. The summed E-state index contributed by atoms with van der Waals surface area (Å²) >= 11 is 0. The summed E-state index contributed by atoms with van der Waals surface area (Å²) in [5.74, 6) is -0.699. The van der Waals surface area contributed by atoms with Crippen LogP contribution in [0, 0.1) is 0 Å². The molecule has 1 heterocycles. The molecule has 0 spiro atoms. The van der Waals surface area contributed by atoms with E-state index < -0.39 is 5.97 Å². The number of benzene rings is 3. The summed E-state index contributed by atoms with van der Waals surface area (Å²) in [4.78, 5) is 29.8. The molecule has 3 aromatic rings. The molecule has 1 N–H and O–H groups in total. The van der Waals surface area contributed by atoms with Crippen molar-refractivity contribution in [2.24, 2.45) is 0 Å². The van der Waals surface area contributed by atoms with Gasteiger partial charge in [0.15, 0.2) is 0 Å². The minimum absolute atomic E-state index is 0.252. The number of para-hydroxylation sites is 1. The van der Waals surface area contributed by atoms with Crippen LogP contribution in [0.25, 0.3) is 0 Å². The molecule has 0 atom stereocenters. The summed E-state index contributed by atoms with van der Waals surface area (Å²) in [6, 6.07) is 25.2. The Hall–Kier alpha value is -3.48. The second kappa shape index (κ2) is 11.6. The van der Waals surface area contributed by atoms with Crippen molar-refractivity contribution in [3.8, 4) is 0 Å². The van der Waals surface area contributed by atoms with Gasteiger partial charge in [-0.3, -0.25) is 14.6 Å². The van der Waals surface area contributed by atoms with Crippen LogP contribution >= 0.6 is 0 Å². The van der Waals surface area contributed by atoms with Gasteiger partial charge in [-0.05, 0) is 42.3 Å². The average molecular weight is 458 g/mol. The van der Waals surface area contributed by atoms with E-state index in [1.165, 1.54) is 11.1 Å². The van der Waals surface area contributed by atoms with Crippen molar-refractivity contribution in [3.63, 3.8) is 0 Å². The van der Waals surface area contributed by atoms with E-state index in [2.05, 4.69) is 45.4 Å². The van der Waals surface area contributed by atoms with Gasteiger partial charge >= 0.3 is 5.97 Å². The lowest BCUT2D eigenvalue weighted by molar-refractivity contribution is 0.0527. The first kappa shape index (κ1) is 23.7. The van der Waals surface area contributed by atoms with Crippen LogP contribution < -0.4 is 5.32 Å². The Morgan fingerprint density at radius 3 is 1.94 bits per heavy atom. The van der Waals surface area contributed by atoms with Crippen molar-refractivity contribution in [3.05, 3.63) is 101 Å². The topological polar surface area (TPSA) is 61.9 Å². The third kappa shape index (κ3) is 6.31. The maximum absolute atomic E-state index is 12.8. The van der Waals surface area contributed by atoms with Crippen molar-refractivity contribution in [2.75, 3.05) is 38.1 Å². The van der Waals surface area contributed by atoms with E-state index in [1.807, 2.05) is 24.3 Å². The molecule has 6 nitrogen and oxygen atoms in total. The molecule has 0 radical (unpaired) electrons. The van der Waals surface area contributed by atoms with Crippen LogP contribution in [0.3, 0.4) is 0 Å². The smallest absolute Gasteiger partial charge is 0.340 e. The van der Waals surface area contributed by atoms with Crippen LogP contribution in [0.4, 0.5) is 5.69 Å². The Balaban J connectivity index is 1.29. The molecule has 4 rings (SSSR count). The fraction of sp³-hybridized carbons (Fsp3) is 0.286. The fourth-order valence-electron chi connectivity index (χ4n) is 4.14. The van der Waals surface area contributed by atoms with Crippen molar-refractivity contribution < 1.29 is 14.3 Å². The lowest BCUT2D eigenvalue weighted by Gasteiger charge is -2.34. The number of nitrogens with zero attached hydrogens (tertiary/aromatic N) is 2.